The summed E-state index contributed by atoms with van der Waals surface area (Å²) in [6.45, 7) is 0. The summed E-state index contributed by atoms with van der Waals surface area (Å²) < 4.78 is 0. The Hall–Kier alpha value is -1.55. The van der Waals surface area contributed by atoms with Crippen molar-refractivity contribution < 1.29 is 9.59 Å². The van der Waals surface area contributed by atoms with Crippen LogP contribution in [0.2, 0.25) is 0 Å². The summed E-state index contributed by atoms with van der Waals surface area (Å²) in [6.07, 6.45) is 3.31. The zero-order valence-electron chi connectivity index (χ0n) is 9.25. The largest absolute Gasteiger partial charge is 0.325 e. The lowest BCUT2D eigenvalue weighted by atomic mass is 10.1. The number of anilines is 1. The Labute approximate surface area is 104 Å². The van der Waals surface area contributed by atoms with Gasteiger partial charge in [-0.3, -0.25) is 10.1 Å². The smallest absolute Gasteiger partial charge is 0.308 e. The number of halogens is 1. The highest BCUT2D eigenvalue weighted by molar-refractivity contribution is 6.28. The molecular formula is C12H13ClN2O2. The predicted molar refractivity (Wildman–Crippen MR) is 66.3 cm³/mol. The number of hydrogen-bond donors (Lipinski definition) is 2. The van der Waals surface area contributed by atoms with Crippen molar-refractivity contribution in [2.75, 3.05) is 11.2 Å². The summed E-state index contributed by atoms with van der Waals surface area (Å²) >= 11 is 5.28. The van der Waals surface area contributed by atoms with Crippen LogP contribution in [0, 0.1) is 0 Å². The van der Waals surface area contributed by atoms with Crippen LogP contribution >= 0.6 is 11.6 Å². The molecule has 1 aliphatic rings. The Kier molecular flexibility index (Phi) is 3.64. The van der Waals surface area contributed by atoms with Crippen LogP contribution in [0.4, 0.5) is 10.5 Å². The maximum Gasteiger partial charge on any atom is 0.325 e. The number of nitrogens with one attached hydrogen (secondary N) is 2. The van der Waals surface area contributed by atoms with Gasteiger partial charge in [0.1, 0.15) is 5.88 Å². The zero-order chi connectivity index (χ0) is 12.3. The van der Waals surface area contributed by atoms with Crippen LogP contribution in [-0.4, -0.2) is 17.8 Å². The second-order valence-corrected chi connectivity index (χ2v) is 4.24. The van der Waals surface area contributed by atoms with Gasteiger partial charge < -0.3 is 5.32 Å². The summed E-state index contributed by atoms with van der Waals surface area (Å²) in [4.78, 5) is 22.3. The van der Waals surface area contributed by atoms with E-state index in [0.717, 1.165) is 19.3 Å². The summed E-state index contributed by atoms with van der Waals surface area (Å²) in [6, 6.07) is 5.26. The second-order valence-electron chi connectivity index (χ2n) is 3.97. The van der Waals surface area contributed by atoms with Gasteiger partial charge in [-0.2, -0.15) is 0 Å². The third-order valence-electron chi connectivity index (χ3n) is 2.73. The lowest BCUT2D eigenvalue weighted by molar-refractivity contribution is -0.117. The van der Waals surface area contributed by atoms with Crippen molar-refractivity contribution >= 4 is 29.2 Å². The molecule has 17 heavy (non-hydrogen) atoms. The number of fused-ring (bicyclic) bond motifs is 1. The molecular weight excluding hydrogens is 240 g/mol. The number of benzene rings is 1. The number of carbonyl (C=O) groups excluding carboxylic acids is 2. The van der Waals surface area contributed by atoms with Crippen molar-refractivity contribution in [3.8, 4) is 0 Å². The summed E-state index contributed by atoms with van der Waals surface area (Å²) in [5.41, 5.74) is 3.31. The average Bonchev–Trinajstić information content (AvgIpc) is 2.75. The molecule has 2 rings (SSSR count). The van der Waals surface area contributed by atoms with E-state index in [1.165, 1.54) is 11.1 Å². The molecule has 0 saturated carbocycles. The van der Waals surface area contributed by atoms with E-state index in [-0.39, 0.29) is 5.88 Å². The Morgan fingerprint density at radius 1 is 1.24 bits per heavy atom. The SMILES string of the molecule is O=C(CCl)NC(=O)Nc1ccc2c(c1)CCC2. The maximum atomic E-state index is 11.4. The van der Waals surface area contributed by atoms with E-state index in [2.05, 4.69) is 10.6 Å². The lowest BCUT2D eigenvalue weighted by Crippen LogP contribution is -2.35. The van der Waals surface area contributed by atoms with Gasteiger partial charge in [0, 0.05) is 5.69 Å². The molecule has 1 aromatic rings. The third-order valence-corrected chi connectivity index (χ3v) is 2.97. The second kappa shape index (κ2) is 5.19. The van der Waals surface area contributed by atoms with Crippen LogP contribution in [0.1, 0.15) is 17.5 Å². The molecule has 0 unspecified atom stereocenters. The topological polar surface area (TPSA) is 58.2 Å². The van der Waals surface area contributed by atoms with Crippen LogP contribution in [-0.2, 0) is 17.6 Å². The molecule has 5 heteroatoms. The molecule has 90 valence electrons. The molecule has 0 atom stereocenters. The quantitative estimate of drug-likeness (QED) is 0.792. The van der Waals surface area contributed by atoms with Crippen molar-refractivity contribution in [3.05, 3.63) is 29.3 Å². The van der Waals surface area contributed by atoms with E-state index in [0.29, 0.717) is 5.69 Å². The van der Waals surface area contributed by atoms with Crippen LogP contribution in [0.15, 0.2) is 18.2 Å². The van der Waals surface area contributed by atoms with Gasteiger partial charge in [-0.15, -0.1) is 11.6 Å². The molecule has 0 fully saturated rings. The van der Waals surface area contributed by atoms with Crippen molar-refractivity contribution in [3.63, 3.8) is 0 Å². The molecule has 4 nitrogen and oxygen atoms in total. The van der Waals surface area contributed by atoms with Crippen molar-refractivity contribution in [2.45, 2.75) is 19.3 Å². The fourth-order valence-electron chi connectivity index (χ4n) is 1.97. The molecule has 0 aromatic heterocycles. The van der Waals surface area contributed by atoms with E-state index >= 15 is 0 Å². The number of imide groups is 1. The first-order chi connectivity index (χ1) is 8.19. The number of aryl methyl sites for hydroxylation is 2. The molecule has 1 aromatic carbocycles. The minimum atomic E-state index is -0.548. The number of carbonyl (C=O) groups is 2. The van der Waals surface area contributed by atoms with Crippen LogP contribution in [0.3, 0.4) is 0 Å². The minimum absolute atomic E-state index is 0.225. The first kappa shape index (κ1) is 11.9. The van der Waals surface area contributed by atoms with E-state index in [1.807, 2.05) is 18.2 Å². The zero-order valence-corrected chi connectivity index (χ0v) is 10.0. The van der Waals surface area contributed by atoms with Gasteiger partial charge in [0.15, 0.2) is 0 Å². The monoisotopic (exact) mass is 252 g/mol. The number of urea groups is 1. The molecule has 0 spiro atoms. The molecule has 0 bridgehead atoms. The Balaban J connectivity index is 1.99. The highest BCUT2D eigenvalue weighted by Crippen LogP contribution is 2.24. The van der Waals surface area contributed by atoms with Gasteiger partial charge >= 0.3 is 6.03 Å². The van der Waals surface area contributed by atoms with Gasteiger partial charge in [0.05, 0.1) is 0 Å². The van der Waals surface area contributed by atoms with Crippen LogP contribution in [0.25, 0.3) is 0 Å². The summed E-state index contributed by atoms with van der Waals surface area (Å²) in [5.74, 6) is -0.734. The fraction of sp³-hybridized carbons (Fsp3) is 0.333. The van der Waals surface area contributed by atoms with E-state index in [1.54, 1.807) is 0 Å². The highest BCUT2D eigenvalue weighted by atomic mass is 35.5. The van der Waals surface area contributed by atoms with Gasteiger partial charge in [-0.25, -0.2) is 4.79 Å². The average molecular weight is 253 g/mol. The minimum Gasteiger partial charge on any atom is -0.308 e. The van der Waals surface area contributed by atoms with Gasteiger partial charge in [0.2, 0.25) is 5.91 Å². The first-order valence-electron chi connectivity index (χ1n) is 5.47. The molecule has 3 amide bonds. The van der Waals surface area contributed by atoms with Gasteiger partial charge in [-0.05, 0) is 42.5 Å². The molecule has 0 aliphatic heterocycles. The molecule has 0 heterocycles. The normalized spacial score (nSPS) is 13.0. The number of hydrogen-bond acceptors (Lipinski definition) is 2. The fourth-order valence-corrected chi connectivity index (χ4v) is 2.04. The Morgan fingerprint density at radius 3 is 2.76 bits per heavy atom. The number of amides is 3. The molecule has 1 aliphatic carbocycles. The number of alkyl halides is 1. The van der Waals surface area contributed by atoms with Crippen molar-refractivity contribution in [1.29, 1.82) is 0 Å². The van der Waals surface area contributed by atoms with E-state index in [9.17, 15) is 9.59 Å². The van der Waals surface area contributed by atoms with Crippen molar-refractivity contribution in [1.82, 2.24) is 5.32 Å². The summed E-state index contributed by atoms with van der Waals surface area (Å²) in [5, 5.41) is 4.73. The van der Waals surface area contributed by atoms with Crippen LogP contribution < -0.4 is 10.6 Å². The third kappa shape index (κ3) is 2.97. The van der Waals surface area contributed by atoms with E-state index < -0.39 is 11.9 Å². The van der Waals surface area contributed by atoms with Gasteiger partial charge in [0.25, 0.3) is 0 Å². The van der Waals surface area contributed by atoms with Gasteiger partial charge in [-0.1, -0.05) is 6.07 Å². The maximum absolute atomic E-state index is 11.4. The predicted octanol–water partition coefficient (Wildman–Crippen LogP) is 2.06. The highest BCUT2D eigenvalue weighted by Gasteiger charge is 2.12. The van der Waals surface area contributed by atoms with Crippen molar-refractivity contribution in [2.24, 2.45) is 0 Å². The van der Waals surface area contributed by atoms with E-state index in [4.69, 9.17) is 11.6 Å². The Bertz CT molecular complexity index is 460. The standard InChI is InChI=1S/C12H13ClN2O2/c13-7-11(16)15-12(17)14-10-5-4-8-2-1-3-9(8)6-10/h4-6H,1-3,7H2,(H2,14,15,16,17). The molecule has 0 radical (unpaired) electrons. The molecule has 0 saturated heterocycles. The number of rotatable bonds is 2. The first-order valence-corrected chi connectivity index (χ1v) is 6.01. The lowest BCUT2D eigenvalue weighted by Gasteiger charge is -2.07. The molecule has 2 N–H and O–H groups in total. The van der Waals surface area contributed by atoms with Crippen LogP contribution in [0.5, 0.6) is 0 Å². The summed E-state index contributed by atoms with van der Waals surface area (Å²) in [7, 11) is 0. The Morgan fingerprint density at radius 2 is 2.00 bits per heavy atom.